The lowest BCUT2D eigenvalue weighted by molar-refractivity contribution is 0.432. The van der Waals surface area contributed by atoms with Crippen LogP contribution in [0.2, 0.25) is 0 Å². The summed E-state index contributed by atoms with van der Waals surface area (Å²) in [7, 11) is -4.52. The van der Waals surface area contributed by atoms with E-state index >= 15 is 0 Å². The summed E-state index contributed by atoms with van der Waals surface area (Å²) in [5, 5.41) is 0. The first-order valence-corrected chi connectivity index (χ1v) is 9.55. The quantitative estimate of drug-likeness (QED) is 0.495. The summed E-state index contributed by atoms with van der Waals surface area (Å²) >= 11 is 0. The van der Waals surface area contributed by atoms with Crippen LogP contribution in [-0.4, -0.2) is 18.4 Å². The van der Waals surface area contributed by atoms with Crippen LogP contribution in [0.5, 0.6) is 0 Å². The lowest BCUT2D eigenvalue weighted by Gasteiger charge is -2.12. The molecule has 2 N–H and O–H groups in total. The second kappa shape index (κ2) is 6.68. The Morgan fingerprint density at radius 3 is 2.36 bits per heavy atom. The first kappa shape index (κ1) is 18.1. The number of nitrogens with zero attached hydrogens (tertiary/aromatic N) is 1. The predicted molar refractivity (Wildman–Crippen MR) is 98.7 cm³/mol. The van der Waals surface area contributed by atoms with E-state index in [9.17, 15) is 21.6 Å². The third kappa shape index (κ3) is 3.09. The highest BCUT2D eigenvalue weighted by Crippen LogP contribution is 2.30. The number of aromatic amines is 1. The Labute approximate surface area is 157 Å². The molecule has 0 fully saturated rings. The summed E-state index contributed by atoms with van der Waals surface area (Å²) in [6, 6.07) is 14.8. The van der Waals surface area contributed by atoms with E-state index in [2.05, 4.69) is 14.7 Å². The second-order valence-electron chi connectivity index (χ2n) is 5.93. The van der Waals surface area contributed by atoms with Crippen LogP contribution < -0.4 is 4.72 Å². The standard InChI is InChI=1S/C19H12F3N3O2S/c20-12-9-10-16(18(22)17(12)21)28(26,27)25-13-6-2-1-5-11(13)19-23-14-7-3-4-8-15(14)24-19/h1-10,25H,(H,23,24). The number of fused-ring (bicyclic) bond motifs is 1. The molecule has 9 heteroatoms. The smallest absolute Gasteiger partial charge is 0.264 e. The second-order valence-corrected chi connectivity index (χ2v) is 7.58. The molecule has 0 spiro atoms. The van der Waals surface area contributed by atoms with Crippen LogP contribution in [-0.2, 0) is 10.0 Å². The molecule has 0 aliphatic carbocycles. The van der Waals surface area contributed by atoms with Crippen molar-refractivity contribution in [1.29, 1.82) is 0 Å². The molecule has 4 aromatic rings. The van der Waals surface area contributed by atoms with Crippen molar-refractivity contribution >= 4 is 26.7 Å². The van der Waals surface area contributed by atoms with Gasteiger partial charge in [0.05, 0.1) is 16.7 Å². The Balaban J connectivity index is 1.78. The van der Waals surface area contributed by atoms with E-state index in [-0.39, 0.29) is 5.69 Å². The zero-order valence-electron chi connectivity index (χ0n) is 14.1. The van der Waals surface area contributed by atoms with Crippen molar-refractivity contribution in [2.75, 3.05) is 4.72 Å². The number of sulfonamides is 1. The van der Waals surface area contributed by atoms with Crippen molar-refractivity contribution in [2.45, 2.75) is 4.90 Å². The molecule has 0 atom stereocenters. The summed E-state index contributed by atoms with van der Waals surface area (Å²) in [5.41, 5.74) is 1.94. The number of benzene rings is 3. The van der Waals surface area contributed by atoms with Crippen LogP contribution in [0, 0.1) is 17.5 Å². The largest absolute Gasteiger partial charge is 0.338 e. The number of imidazole rings is 1. The number of nitrogens with one attached hydrogen (secondary N) is 2. The molecule has 0 radical (unpaired) electrons. The van der Waals surface area contributed by atoms with Gasteiger partial charge in [0.15, 0.2) is 17.5 Å². The Morgan fingerprint density at radius 1 is 0.857 bits per heavy atom. The molecule has 0 saturated carbocycles. The minimum absolute atomic E-state index is 0.102. The van der Waals surface area contributed by atoms with Crippen LogP contribution in [0.3, 0.4) is 0 Å². The van der Waals surface area contributed by atoms with E-state index in [1.54, 1.807) is 24.3 Å². The molecule has 3 aromatic carbocycles. The molecular weight excluding hydrogens is 391 g/mol. The van der Waals surface area contributed by atoms with Gasteiger partial charge in [0.1, 0.15) is 10.7 Å². The van der Waals surface area contributed by atoms with Crippen molar-refractivity contribution in [3.8, 4) is 11.4 Å². The van der Waals surface area contributed by atoms with Crippen LogP contribution in [0.4, 0.5) is 18.9 Å². The van der Waals surface area contributed by atoms with Gasteiger partial charge in [-0.3, -0.25) is 4.72 Å². The zero-order valence-corrected chi connectivity index (χ0v) is 14.9. The number of anilines is 1. The maximum atomic E-state index is 14.0. The maximum Gasteiger partial charge on any atom is 0.264 e. The predicted octanol–water partition coefficient (Wildman–Crippen LogP) is 4.45. The van der Waals surface area contributed by atoms with Gasteiger partial charge >= 0.3 is 0 Å². The Kier molecular flexibility index (Phi) is 4.31. The number of rotatable bonds is 4. The van der Waals surface area contributed by atoms with Gasteiger partial charge in [-0.15, -0.1) is 0 Å². The van der Waals surface area contributed by atoms with E-state index in [1.165, 1.54) is 6.07 Å². The van der Waals surface area contributed by atoms with Crippen LogP contribution in [0.15, 0.2) is 65.6 Å². The topological polar surface area (TPSA) is 74.8 Å². The van der Waals surface area contributed by atoms with Crippen molar-refractivity contribution < 1.29 is 21.6 Å². The molecule has 4 rings (SSSR count). The molecular formula is C19H12F3N3O2S. The summed E-state index contributed by atoms with van der Waals surface area (Å²) in [6.07, 6.45) is 0. The molecule has 0 aliphatic heterocycles. The molecule has 0 aliphatic rings. The van der Waals surface area contributed by atoms with E-state index in [0.29, 0.717) is 29.0 Å². The molecule has 0 bridgehead atoms. The highest BCUT2D eigenvalue weighted by Gasteiger charge is 2.25. The van der Waals surface area contributed by atoms with Crippen molar-refractivity contribution in [1.82, 2.24) is 9.97 Å². The highest BCUT2D eigenvalue weighted by atomic mass is 32.2. The van der Waals surface area contributed by atoms with Crippen molar-refractivity contribution in [2.24, 2.45) is 0 Å². The van der Waals surface area contributed by atoms with Gasteiger partial charge in [0.25, 0.3) is 10.0 Å². The molecule has 0 unspecified atom stereocenters. The Bertz CT molecular complexity index is 1270. The number of aromatic nitrogens is 2. The average molecular weight is 403 g/mol. The van der Waals surface area contributed by atoms with Gasteiger partial charge in [0, 0.05) is 5.56 Å². The van der Waals surface area contributed by atoms with Gasteiger partial charge in [-0.25, -0.2) is 26.6 Å². The SMILES string of the molecule is O=S(=O)(Nc1ccccc1-c1nc2ccccc2[nH]1)c1ccc(F)c(F)c1F. The fourth-order valence-corrected chi connectivity index (χ4v) is 3.92. The normalized spacial score (nSPS) is 11.7. The number of H-pyrrole nitrogens is 1. The molecule has 28 heavy (non-hydrogen) atoms. The lowest BCUT2D eigenvalue weighted by atomic mass is 10.2. The number of hydrogen-bond acceptors (Lipinski definition) is 3. The molecule has 1 aromatic heterocycles. The third-order valence-electron chi connectivity index (χ3n) is 4.11. The van der Waals surface area contributed by atoms with Gasteiger partial charge in [-0.1, -0.05) is 24.3 Å². The zero-order chi connectivity index (χ0) is 19.9. The van der Waals surface area contributed by atoms with Gasteiger partial charge in [-0.2, -0.15) is 0 Å². The first-order valence-electron chi connectivity index (χ1n) is 8.07. The van der Waals surface area contributed by atoms with Crippen LogP contribution in [0.1, 0.15) is 0 Å². The van der Waals surface area contributed by atoms with E-state index < -0.39 is 32.4 Å². The maximum absolute atomic E-state index is 14.0. The fraction of sp³-hybridized carbons (Fsp3) is 0. The molecule has 0 saturated heterocycles. The highest BCUT2D eigenvalue weighted by molar-refractivity contribution is 7.92. The lowest BCUT2D eigenvalue weighted by Crippen LogP contribution is -2.16. The first-order chi connectivity index (χ1) is 13.4. The van der Waals surface area contributed by atoms with Crippen LogP contribution >= 0.6 is 0 Å². The minimum atomic E-state index is -4.52. The third-order valence-corrected chi connectivity index (χ3v) is 5.49. The van der Waals surface area contributed by atoms with Crippen molar-refractivity contribution in [3.05, 3.63) is 78.1 Å². The molecule has 142 valence electrons. The monoisotopic (exact) mass is 403 g/mol. The Morgan fingerprint density at radius 2 is 1.57 bits per heavy atom. The fourth-order valence-electron chi connectivity index (χ4n) is 2.77. The van der Waals surface area contributed by atoms with Crippen molar-refractivity contribution in [3.63, 3.8) is 0 Å². The van der Waals surface area contributed by atoms with Crippen LogP contribution in [0.25, 0.3) is 22.4 Å². The van der Waals surface area contributed by atoms with E-state index in [1.807, 2.05) is 18.2 Å². The summed E-state index contributed by atoms with van der Waals surface area (Å²) in [5.74, 6) is -4.72. The van der Waals surface area contributed by atoms with E-state index in [0.717, 1.165) is 5.52 Å². The average Bonchev–Trinajstić information content (AvgIpc) is 3.10. The number of halogens is 3. The van der Waals surface area contributed by atoms with Gasteiger partial charge < -0.3 is 4.98 Å². The summed E-state index contributed by atoms with van der Waals surface area (Å²) in [4.78, 5) is 6.50. The molecule has 0 amide bonds. The summed E-state index contributed by atoms with van der Waals surface area (Å²) in [6.45, 7) is 0. The summed E-state index contributed by atoms with van der Waals surface area (Å²) < 4.78 is 67.9. The Hall–Kier alpha value is -3.33. The number of para-hydroxylation sites is 3. The number of hydrogen-bond donors (Lipinski definition) is 2. The van der Waals surface area contributed by atoms with E-state index in [4.69, 9.17) is 0 Å². The molecule has 5 nitrogen and oxygen atoms in total. The van der Waals surface area contributed by atoms with Gasteiger partial charge in [0.2, 0.25) is 0 Å². The minimum Gasteiger partial charge on any atom is -0.338 e. The molecule has 1 heterocycles. The van der Waals surface area contributed by atoms with Gasteiger partial charge in [-0.05, 0) is 36.4 Å².